The summed E-state index contributed by atoms with van der Waals surface area (Å²) in [5, 5.41) is 18.4. The van der Waals surface area contributed by atoms with E-state index < -0.39 is 5.97 Å². The van der Waals surface area contributed by atoms with Gasteiger partial charge in [0, 0.05) is 25.2 Å². The van der Waals surface area contributed by atoms with Crippen molar-refractivity contribution < 1.29 is 19.5 Å². The third-order valence-electron chi connectivity index (χ3n) is 4.31. The van der Waals surface area contributed by atoms with E-state index in [4.69, 9.17) is 5.11 Å². The lowest BCUT2D eigenvalue weighted by Gasteiger charge is -2.22. The molecular formula is C17H26N4O4. The number of hydrogen-bond donors (Lipinski definition) is 3. The summed E-state index contributed by atoms with van der Waals surface area (Å²) in [4.78, 5) is 34.7. The van der Waals surface area contributed by atoms with Crippen molar-refractivity contribution >= 4 is 17.8 Å². The molecule has 1 saturated carbocycles. The number of rotatable bonds is 8. The van der Waals surface area contributed by atoms with Crippen LogP contribution in [-0.4, -0.2) is 45.3 Å². The van der Waals surface area contributed by atoms with Crippen molar-refractivity contribution in [1.82, 2.24) is 20.4 Å². The fourth-order valence-corrected chi connectivity index (χ4v) is 2.97. The van der Waals surface area contributed by atoms with Crippen LogP contribution in [0.2, 0.25) is 0 Å². The van der Waals surface area contributed by atoms with Crippen molar-refractivity contribution in [3.05, 3.63) is 18.0 Å². The number of carboxylic acids is 1. The average Bonchev–Trinajstić information content (AvgIpc) is 3.01. The summed E-state index contributed by atoms with van der Waals surface area (Å²) in [5.41, 5.74) is 0.355. The number of carboxylic acid groups (broad SMARTS) is 1. The molecule has 0 aromatic carbocycles. The molecular weight excluding hydrogens is 324 g/mol. The highest BCUT2D eigenvalue weighted by Gasteiger charge is 2.17. The monoisotopic (exact) mass is 350 g/mol. The standard InChI is InChI=1S/C17H26N4O4/c1-12(7-16(23)24)8-18-17(25)13-9-19-21(10-13)11-15(22)20-14-5-3-2-4-6-14/h9-10,12,14H,2-8,11H2,1H3,(H,18,25)(H,20,22)(H,23,24). The Bertz CT molecular complexity index is 608. The van der Waals surface area contributed by atoms with Crippen LogP contribution in [0.3, 0.4) is 0 Å². The van der Waals surface area contributed by atoms with Crippen molar-refractivity contribution in [2.75, 3.05) is 6.54 Å². The molecule has 138 valence electrons. The fraction of sp³-hybridized carbons (Fsp3) is 0.647. The smallest absolute Gasteiger partial charge is 0.303 e. The van der Waals surface area contributed by atoms with Gasteiger partial charge in [-0.15, -0.1) is 0 Å². The first-order valence-electron chi connectivity index (χ1n) is 8.76. The van der Waals surface area contributed by atoms with Gasteiger partial charge in [0.05, 0.1) is 11.8 Å². The number of aromatic nitrogens is 2. The number of nitrogens with zero attached hydrogens (tertiary/aromatic N) is 2. The third-order valence-corrected chi connectivity index (χ3v) is 4.31. The Morgan fingerprint density at radius 1 is 1.32 bits per heavy atom. The molecule has 2 rings (SSSR count). The Morgan fingerprint density at radius 3 is 2.72 bits per heavy atom. The molecule has 1 atom stereocenters. The lowest BCUT2D eigenvalue weighted by Crippen LogP contribution is -2.38. The minimum atomic E-state index is -0.890. The number of nitrogens with one attached hydrogen (secondary N) is 2. The zero-order chi connectivity index (χ0) is 18.2. The SMILES string of the molecule is CC(CNC(=O)c1cnn(CC(=O)NC2CCCCC2)c1)CC(=O)O. The van der Waals surface area contributed by atoms with Crippen LogP contribution in [0.25, 0.3) is 0 Å². The highest BCUT2D eigenvalue weighted by Crippen LogP contribution is 2.17. The molecule has 0 aliphatic heterocycles. The van der Waals surface area contributed by atoms with Crippen LogP contribution in [-0.2, 0) is 16.1 Å². The molecule has 0 radical (unpaired) electrons. The zero-order valence-corrected chi connectivity index (χ0v) is 14.5. The van der Waals surface area contributed by atoms with E-state index in [-0.39, 0.29) is 43.3 Å². The van der Waals surface area contributed by atoms with Crippen LogP contribution in [0.4, 0.5) is 0 Å². The molecule has 1 aromatic rings. The van der Waals surface area contributed by atoms with Gasteiger partial charge in [0.2, 0.25) is 5.91 Å². The number of carbonyl (C=O) groups is 3. The predicted molar refractivity (Wildman–Crippen MR) is 91.0 cm³/mol. The fourth-order valence-electron chi connectivity index (χ4n) is 2.97. The van der Waals surface area contributed by atoms with Crippen molar-refractivity contribution in [2.24, 2.45) is 5.92 Å². The first-order valence-corrected chi connectivity index (χ1v) is 8.76. The lowest BCUT2D eigenvalue weighted by molar-refractivity contribution is -0.138. The Kier molecular flexibility index (Phi) is 6.97. The minimum absolute atomic E-state index is 0.000873. The molecule has 1 aliphatic carbocycles. The quantitative estimate of drug-likeness (QED) is 0.651. The van der Waals surface area contributed by atoms with Gasteiger partial charge in [0.25, 0.3) is 5.91 Å². The van der Waals surface area contributed by atoms with E-state index in [1.165, 1.54) is 23.5 Å². The van der Waals surface area contributed by atoms with Gasteiger partial charge in [-0.1, -0.05) is 26.2 Å². The van der Waals surface area contributed by atoms with Crippen LogP contribution in [0.5, 0.6) is 0 Å². The molecule has 3 N–H and O–H groups in total. The topological polar surface area (TPSA) is 113 Å². The lowest BCUT2D eigenvalue weighted by atomic mass is 9.95. The maximum Gasteiger partial charge on any atom is 0.303 e. The first kappa shape index (κ1) is 19.0. The largest absolute Gasteiger partial charge is 0.481 e. The second-order valence-corrected chi connectivity index (χ2v) is 6.74. The number of carbonyl (C=O) groups excluding carboxylic acids is 2. The molecule has 25 heavy (non-hydrogen) atoms. The van der Waals surface area contributed by atoms with E-state index in [2.05, 4.69) is 15.7 Å². The molecule has 0 bridgehead atoms. The summed E-state index contributed by atoms with van der Waals surface area (Å²) < 4.78 is 1.44. The van der Waals surface area contributed by atoms with Gasteiger partial charge in [-0.25, -0.2) is 0 Å². The molecule has 1 aliphatic rings. The molecule has 2 amide bonds. The van der Waals surface area contributed by atoms with Crippen molar-refractivity contribution in [3.63, 3.8) is 0 Å². The van der Waals surface area contributed by atoms with Crippen LogP contribution in [0.15, 0.2) is 12.4 Å². The third kappa shape index (κ3) is 6.56. The molecule has 1 heterocycles. The predicted octanol–water partition coefficient (Wildman–Crippen LogP) is 1.17. The van der Waals surface area contributed by atoms with E-state index >= 15 is 0 Å². The summed E-state index contributed by atoms with van der Waals surface area (Å²) in [7, 11) is 0. The van der Waals surface area contributed by atoms with Crippen LogP contribution >= 0.6 is 0 Å². The van der Waals surface area contributed by atoms with Crippen molar-refractivity contribution in [3.8, 4) is 0 Å². The van der Waals surface area contributed by atoms with Crippen molar-refractivity contribution in [1.29, 1.82) is 0 Å². The van der Waals surface area contributed by atoms with E-state index in [0.717, 1.165) is 25.7 Å². The van der Waals surface area contributed by atoms with Gasteiger partial charge in [-0.3, -0.25) is 19.1 Å². The van der Waals surface area contributed by atoms with Gasteiger partial charge in [0.15, 0.2) is 0 Å². The summed E-state index contributed by atoms with van der Waals surface area (Å²) in [6.07, 6.45) is 8.51. The number of aliphatic carboxylic acids is 1. The maximum atomic E-state index is 12.0. The summed E-state index contributed by atoms with van der Waals surface area (Å²) >= 11 is 0. The Hall–Kier alpha value is -2.38. The van der Waals surface area contributed by atoms with E-state index in [1.807, 2.05) is 0 Å². The van der Waals surface area contributed by atoms with Crippen molar-refractivity contribution in [2.45, 2.75) is 58.0 Å². The minimum Gasteiger partial charge on any atom is -0.481 e. The average molecular weight is 350 g/mol. The highest BCUT2D eigenvalue weighted by atomic mass is 16.4. The molecule has 1 fully saturated rings. The Labute approximate surface area is 147 Å². The number of amides is 2. The second-order valence-electron chi connectivity index (χ2n) is 6.74. The van der Waals surface area contributed by atoms with Crippen LogP contribution in [0.1, 0.15) is 55.8 Å². The van der Waals surface area contributed by atoms with Gasteiger partial charge < -0.3 is 15.7 Å². The Balaban J connectivity index is 1.77. The molecule has 1 unspecified atom stereocenters. The van der Waals surface area contributed by atoms with E-state index in [9.17, 15) is 14.4 Å². The van der Waals surface area contributed by atoms with Gasteiger partial charge in [-0.2, -0.15) is 5.10 Å². The van der Waals surface area contributed by atoms with Gasteiger partial charge >= 0.3 is 5.97 Å². The molecule has 8 heteroatoms. The molecule has 0 spiro atoms. The highest BCUT2D eigenvalue weighted by molar-refractivity contribution is 5.93. The van der Waals surface area contributed by atoms with Crippen LogP contribution < -0.4 is 10.6 Å². The normalized spacial score (nSPS) is 16.2. The zero-order valence-electron chi connectivity index (χ0n) is 14.5. The molecule has 0 saturated heterocycles. The summed E-state index contributed by atoms with van der Waals surface area (Å²) in [5.74, 6) is -1.47. The second kappa shape index (κ2) is 9.19. The first-order chi connectivity index (χ1) is 11.9. The number of hydrogen-bond acceptors (Lipinski definition) is 4. The summed E-state index contributed by atoms with van der Waals surface area (Å²) in [6.45, 7) is 2.12. The summed E-state index contributed by atoms with van der Waals surface area (Å²) in [6, 6.07) is 0.246. The van der Waals surface area contributed by atoms with Gasteiger partial charge in [0.1, 0.15) is 6.54 Å². The van der Waals surface area contributed by atoms with E-state index in [0.29, 0.717) is 5.56 Å². The molecule has 8 nitrogen and oxygen atoms in total. The molecule has 1 aromatic heterocycles. The Morgan fingerprint density at radius 2 is 2.04 bits per heavy atom. The maximum absolute atomic E-state index is 12.0. The van der Waals surface area contributed by atoms with Gasteiger partial charge in [-0.05, 0) is 18.8 Å². The van der Waals surface area contributed by atoms with E-state index in [1.54, 1.807) is 6.92 Å². The van der Waals surface area contributed by atoms with Crippen LogP contribution in [0, 0.1) is 5.92 Å².